The summed E-state index contributed by atoms with van der Waals surface area (Å²) in [5.74, 6) is -1.79. The van der Waals surface area contributed by atoms with Crippen LogP contribution in [0.15, 0.2) is 91.4 Å². The number of benzene rings is 3. The number of carboxylic acids is 2. The van der Waals surface area contributed by atoms with E-state index in [-0.39, 0.29) is 52.4 Å². The van der Waals surface area contributed by atoms with Crippen molar-refractivity contribution in [3.63, 3.8) is 0 Å². The Kier molecular flexibility index (Phi) is 52.4. The Labute approximate surface area is 551 Å². The van der Waals surface area contributed by atoms with Gasteiger partial charge in [-0.1, -0.05) is 67.4 Å². The summed E-state index contributed by atoms with van der Waals surface area (Å²) in [6.07, 6.45) is 11.7. The van der Waals surface area contributed by atoms with Gasteiger partial charge in [-0.25, -0.2) is 0 Å². The molecular formula is C57H84BBr3F3N13O7PPt2-4. The van der Waals surface area contributed by atoms with E-state index < -0.39 is 18.1 Å². The molecule has 3 aliphatic heterocycles. The number of nitrogens with two attached hydrogens (primary N) is 1. The van der Waals surface area contributed by atoms with Crippen molar-refractivity contribution in [3.05, 3.63) is 136 Å². The maximum absolute atomic E-state index is 12.0. The van der Waals surface area contributed by atoms with E-state index in [1.54, 1.807) is 0 Å². The van der Waals surface area contributed by atoms with E-state index in [0.29, 0.717) is 63.5 Å². The number of carbonyl (C=O) groups is 4. The summed E-state index contributed by atoms with van der Waals surface area (Å²) in [6.45, 7) is 9.66. The van der Waals surface area contributed by atoms with Gasteiger partial charge < -0.3 is 85.2 Å². The van der Waals surface area contributed by atoms with Gasteiger partial charge in [0.2, 0.25) is 11.8 Å². The van der Waals surface area contributed by atoms with Gasteiger partial charge in [0, 0.05) is 83.7 Å². The molecule has 87 heavy (non-hydrogen) atoms. The van der Waals surface area contributed by atoms with Crippen LogP contribution in [0.4, 0.5) is 13.2 Å². The molecule has 3 aromatic heterocycles. The summed E-state index contributed by atoms with van der Waals surface area (Å²) in [7, 11) is 1.90. The first-order valence-corrected chi connectivity index (χ1v) is 43.6. The fraction of sp³-hybridized carbons (Fsp3) is 0.509. The number of piperidine rings is 3. The molecule has 0 aliphatic carbocycles. The molecule has 2 amide bonds. The number of hydrogen-bond donors (Lipinski definition) is 9. The molecule has 9 rings (SSSR count). The van der Waals surface area contributed by atoms with Gasteiger partial charge in [0.1, 0.15) is 5.97 Å². The summed E-state index contributed by atoms with van der Waals surface area (Å²) in [5, 5.41) is 38.0. The zero-order valence-corrected chi connectivity index (χ0v) is 59.0. The molecule has 1 atom stereocenters. The van der Waals surface area contributed by atoms with Crippen LogP contribution in [0.5, 0.6) is 0 Å². The van der Waals surface area contributed by atoms with E-state index in [0.717, 1.165) is 108 Å². The zero-order valence-electron chi connectivity index (χ0n) is 48.5. The van der Waals surface area contributed by atoms with Crippen molar-refractivity contribution in [1.82, 2.24) is 36.2 Å². The molecule has 1 unspecified atom stereocenters. The number of amides is 2. The number of hydrogen-bond acceptors (Lipinski definition) is 9. The summed E-state index contributed by atoms with van der Waals surface area (Å²) in [6, 6.07) is 24.8. The number of aromatic amines is 3. The number of halogens is 6. The van der Waals surface area contributed by atoms with Crippen LogP contribution in [0.1, 0.15) is 74.5 Å². The fourth-order valence-corrected chi connectivity index (χ4v) is 8.94. The molecule has 3 aromatic carbocycles. The summed E-state index contributed by atoms with van der Waals surface area (Å²) >= 11 is 11.4. The van der Waals surface area contributed by atoms with Crippen molar-refractivity contribution >= 4 is 112 Å². The zero-order chi connectivity index (χ0) is 65.1. The van der Waals surface area contributed by atoms with Crippen molar-refractivity contribution in [2.45, 2.75) is 83.2 Å². The first kappa shape index (κ1) is 83.7. The Balaban J connectivity index is 0.00000104. The standard InChI is InChI=1S/C17H23N3O.C17H22N3O.C10H12N2.C7H13NO2.C2HF3O2.2C2H6N2.BH2OP.3BrH.2Pt/c2*21-17(11-13-5-8-18-9-6-13)19-10-7-14-12-20-16-4-2-1-3-15(14)16;11-6-5-8-7-12-10-4-2-1-3-9(8)10;9-7(10)5-6-1-3-8-4-2-6;3-2(4,5)1(6)7;2*3-1-2-4;2-1-3;;;;;/h1-4,12-13,18,20H,5-11H2,(H,19,21);1-4,12-13,20H,5-11H2,(H,19,21);1-4,7,12H,5-6,11H2;6,8H,1-5H2,(H,9,10);(H,6,7);2*3-4H,1-2H2;3H2;3*1H;;/q;-1;;;;2*-2;;;;;+1;+4/p-4. The van der Waals surface area contributed by atoms with E-state index in [1.807, 2.05) is 69.7 Å². The predicted octanol–water partition coefficient (Wildman–Crippen LogP) is 11.2. The molecule has 3 saturated heterocycles. The van der Waals surface area contributed by atoms with Crippen molar-refractivity contribution in [2.75, 3.05) is 85.1 Å². The van der Waals surface area contributed by atoms with Crippen LogP contribution in [0.2, 0.25) is 0 Å². The van der Waals surface area contributed by atoms with Crippen LogP contribution in [0.3, 0.4) is 0 Å². The normalized spacial score (nSPS) is 13.7. The quantitative estimate of drug-likeness (QED) is 0.0326. The minimum Gasteiger partial charge on any atom is -0.679 e. The number of carboxylic acid groups (broad SMARTS) is 2. The molecule has 20 nitrogen and oxygen atoms in total. The first-order valence-electron chi connectivity index (χ1n) is 28.1. The number of para-hydroxylation sites is 3. The van der Waals surface area contributed by atoms with Crippen molar-refractivity contribution < 1.29 is 79.5 Å². The molecule has 3 fully saturated rings. The van der Waals surface area contributed by atoms with E-state index in [2.05, 4.69) is 130 Å². The summed E-state index contributed by atoms with van der Waals surface area (Å²) < 4.78 is 40.3. The van der Waals surface area contributed by atoms with Crippen molar-refractivity contribution in [2.24, 2.45) is 23.5 Å². The fourth-order valence-electron chi connectivity index (χ4n) is 8.94. The van der Waals surface area contributed by atoms with Gasteiger partial charge in [-0.15, -0.1) is 13.1 Å². The van der Waals surface area contributed by atoms with Crippen LogP contribution < -0.4 is 32.1 Å². The van der Waals surface area contributed by atoms with Crippen molar-refractivity contribution in [1.29, 1.82) is 0 Å². The minimum absolute atomic E-state index is 0.182. The Morgan fingerprint density at radius 1 is 0.644 bits per heavy atom. The number of rotatable bonds is 16. The number of aliphatic carboxylic acids is 2. The van der Waals surface area contributed by atoms with Gasteiger partial charge in [0.15, 0.2) is 0 Å². The van der Waals surface area contributed by atoms with Crippen LogP contribution >= 0.6 is 49.0 Å². The second-order valence-corrected chi connectivity index (χ2v) is 29.5. The van der Waals surface area contributed by atoms with Crippen LogP contribution in [0.25, 0.3) is 61.0 Å². The number of fused-ring (bicyclic) bond motifs is 3. The molecule has 6 aromatic rings. The van der Waals surface area contributed by atoms with Crippen LogP contribution in [0, 0.1) is 17.8 Å². The Bertz CT molecular complexity index is 2610. The molecular weight excluding hydrogens is 1710 g/mol. The van der Waals surface area contributed by atoms with Gasteiger partial charge in [0.05, 0.1) is 0 Å². The smallest absolute Gasteiger partial charge is 0.171 e. The number of carbonyl (C=O) groups excluding carboxylic acids is 3. The van der Waals surface area contributed by atoms with E-state index >= 15 is 0 Å². The number of aromatic nitrogens is 3. The molecule has 0 saturated carbocycles. The predicted molar refractivity (Wildman–Crippen MR) is 350 cm³/mol. The summed E-state index contributed by atoms with van der Waals surface area (Å²) in [5.41, 5.74) is 37.9. The molecule has 0 bridgehead atoms. The van der Waals surface area contributed by atoms with Crippen molar-refractivity contribution in [3.8, 4) is 0 Å². The second-order valence-electron chi connectivity index (χ2n) is 19.3. The number of H-pyrrole nitrogens is 3. The topological polar surface area (TPSA) is 359 Å². The van der Waals surface area contributed by atoms with E-state index in [4.69, 9.17) is 48.4 Å². The monoisotopic (exact) mass is 1790 g/mol. The summed E-state index contributed by atoms with van der Waals surface area (Å²) in [4.78, 5) is 52.7. The van der Waals surface area contributed by atoms with E-state index in [1.165, 1.54) is 38.4 Å². The van der Waals surface area contributed by atoms with Crippen LogP contribution in [-0.2, 0) is 75.4 Å². The molecule has 0 spiro atoms. The minimum atomic E-state index is -5.19. The SMILES string of the molecule is NCCc1c[nH]c2ccccc12.O=BP.O=C(CC1CCNCC1)NCCc1c[nH]c2ccccc12.O=C(CC1CC[N-]CC1)NCCc1c[nH]c2ccccc12.O=C(O)CC1CCNCC1.O=C([O-])C(F)(F)F.[Br][Pt+2][Br].[Br][Pt].[NH-]CC[NH-].[NH-]CC[NH-]. The third-order valence-electron chi connectivity index (χ3n) is 13.1. The Hall–Kier alpha value is -3.26. The molecule has 6 heterocycles. The maximum Gasteiger partial charge on any atom is -0.171 e. The van der Waals surface area contributed by atoms with Gasteiger partial charge in [0.25, 0.3) is 0 Å². The molecule has 493 valence electrons. The molecule has 3 aliphatic rings. The Morgan fingerprint density at radius 3 is 1.24 bits per heavy atom. The van der Waals surface area contributed by atoms with Gasteiger partial charge in [-0.05, 0) is 130 Å². The largest absolute Gasteiger partial charge is 0.679 e. The van der Waals surface area contributed by atoms with Gasteiger partial charge >= 0.3 is 105 Å². The maximum atomic E-state index is 12.0. The third kappa shape index (κ3) is 40.3. The molecule has 30 heteroatoms. The first-order chi connectivity index (χ1) is 42.0. The molecule has 0 radical (unpaired) electrons. The Morgan fingerprint density at radius 2 is 0.943 bits per heavy atom. The number of nitrogens with zero attached hydrogens (tertiary/aromatic N) is 1. The van der Waals surface area contributed by atoms with Gasteiger partial charge in [-0.3, -0.25) is 14.4 Å². The third-order valence-corrected chi connectivity index (χ3v) is 13.1. The van der Waals surface area contributed by atoms with Crippen LogP contribution in [-0.4, -0.2) is 142 Å². The van der Waals surface area contributed by atoms with E-state index in [9.17, 15) is 27.6 Å². The second kappa shape index (κ2) is 54.5. The average molecular weight is 1790 g/mol. The number of nitrogens with one attached hydrogen (secondary N) is 11. The number of alkyl halides is 3. The molecule has 14 N–H and O–H groups in total. The van der Waals surface area contributed by atoms with Gasteiger partial charge in [-0.2, -0.15) is 39.4 Å². The average Bonchev–Trinajstić information content (AvgIpc) is 4.47.